The summed E-state index contributed by atoms with van der Waals surface area (Å²) in [6.07, 6.45) is 3.28. The zero-order valence-electron chi connectivity index (χ0n) is 16.2. The lowest BCUT2D eigenvalue weighted by Crippen LogP contribution is -2.48. The van der Waals surface area contributed by atoms with Crippen molar-refractivity contribution in [2.24, 2.45) is 0 Å². The van der Waals surface area contributed by atoms with Crippen LogP contribution in [0.1, 0.15) is 33.3 Å². The van der Waals surface area contributed by atoms with Gasteiger partial charge in [-0.15, -0.1) is 13.2 Å². The van der Waals surface area contributed by atoms with Crippen LogP contribution in [-0.2, 0) is 15.0 Å². The Morgan fingerprint density at radius 2 is 1.69 bits per heavy atom. The van der Waals surface area contributed by atoms with E-state index in [0.29, 0.717) is 18.8 Å². The van der Waals surface area contributed by atoms with E-state index in [-0.39, 0.29) is 23.8 Å². The number of carbonyl (C=O) groups is 2. The average Bonchev–Trinajstić information content (AvgIpc) is 2.58. The molecule has 0 spiro atoms. The molecule has 2 amide bonds. The molecule has 0 saturated heterocycles. The molecule has 1 rings (SSSR count). The van der Waals surface area contributed by atoms with Crippen molar-refractivity contribution in [1.29, 1.82) is 0 Å². The van der Waals surface area contributed by atoms with Crippen LogP contribution in [0.4, 0.5) is 0 Å². The molecule has 1 N–H and O–H groups in total. The van der Waals surface area contributed by atoms with Crippen LogP contribution in [0.15, 0.2) is 49.6 Å². The first-order chi connectivity index (χ1) is 12.2. The van der Waals surface area contributed by atoms with Gasteiger partial charge >= 0.3 is 0 Å². The molecule has 1 aromatic carbocycles. The van der Waals surface area contributed by atoms with E-state index < -0.39 is 6.04 Å². The van der Waals surface area contributed by atoms with Gasteiger partial charge in [0.15, 0.2) is 6.61 Å². The van der Waals surface area contributed by atoms with Gasteiger partial charge in [0.2, 0.25) is 5.91 Å². The second-order valence-electron chi connectivity index (χ2n) is 7.17. The molecule has 0 radical (unpaired) electrons. The summed E-state index contributed by atoms with van der Waals surface area (Å²) >= 11 is 0. The fourth-order valence-electron chi connectivity index (χ4n) is 2.38. The number of nitrogens with zero attached hydrogens (tertiary/aromatic N) is 1. The van der Waals surface area contributed by atoms with E-state index in [0.717, 1.165) is 0 Å². The minimum Gasteiger partial charge on any atom is -0.484 e. The fourth-order valence-corrected chi connectivity index (χ4v) is 2.38. The van der Waals surface area contributed by atoms with E-state index in [4.69, 9.17) is 4.74 Å². The summed E-state index contributed by atoms with van der Waals surface area (Å²) < 4.78 is 5.50. The Balaban J connectivity index is 2.54. The van der Waals surface area contributed by atoms with Gasteiger partial charge in [-0.1, -0.05) is 45.1 Å². The quantitative estimate of drug-likeness (QED) is 0.690. The first-order valence-corrected chi connectivity index (χ1v) is 8.72. The fraction of sp³-hybridized carbons (Fsp3) is 0.429. The van der Waals surface area contributed by atoms with Gasteiger partial charge in [0.05, 0.1) is 0 Å². The topological polar surface area (TPSA) is 58.6 Å². The maximum Gasteiger partial charge on any atom is 0.258 e. The number of ether oxygens (including phenoxy) is 1. The number of nitrogens with one attached hydrogen (secondary N) is 1. The van der Waals surface area contributed by atoms with Crippen LogP contribution in [0.25, 0.3) is 0 Å². The van der Waals surface area contributed by atoms with Gasteiger partial charge in [0.25, 0.3) is 5.91 Å². The van der Waals surface area contributed by atoms with Gasteiger partial charge in [0, 0.05) is 13.1 Å². The molecule has 0 aromatic heterocycles. The van der Waals surface area contributed by atoms with Gasteiger partial charge in [-0.05, 0) is 30.0 Å². The van der Waals surface area contributed by atoms with E-state index in [2.05, 4.69) is 39.2 Å². The normalized spacial score (nSPS) is 12.0. The number of amides is 2. The summed E-state index contributed by atoms with van der Waals surface area (Å²) in [5, 5.41) is 2.66. The Morgan fingerprint density at radius 1 is 1.15 bits per heavy atom. The minimum absolute atomic E-state index is 0.0639. The van der Waals surface area contributed by atoms with Crippen molar-refractivity contribution in [3.8, 4) is 5.75 Å². The molecule has 0 aliphatic heterocycles. The number of benzene rings is 1. The van der Waals surface area contributed by atoms with Crippen molar-refractivity contribution in [3.05, 3.63) is 55.1 Å². The predicted octanol–water partition coefficient (Wildman–Crippen LogP) is 3.07. The molecule has 0 aliphatic rings. The van der Waals surface area contributed by atoms with E-state index in [9.17, 15) is 9.59 Å². The first-order valence-electron chi connectivity index (χ1n) is 8.72. The van der Waals surface area contributed by atoms with Crippen molar-refractivity contribution in [2.45, 2.75) is 39.2 Å². The molecule has 1 aromatic rings. The summed E-state index contributed by atoms with van der Waals surface area (Å²) in [6.45, 7) is 16.0. The molecule has 0 heterocycles. The SMILES string of the molecule is C=CCN(CC=C)C(=O)C(C)NC(=O)COc1ccc(C(C)(C)C)cc1. The highest BCUT2D eigenvalue weighted by atomic mass is 16.5. The molecule has 0 saturated carbocycles. The van der Waals surface area contributed by atoms with Crippen molar-refractivity contribution < 1.29 is 14.3 Å². The Bertz CT molecular complexity index is 620. The molecule has 5 heteroatoms. The minimum atomic E-state index is -0.644. The van der Waals surface area contributed by atoms with Gasteiger partial charge < -0.3 is 15.0 Å². The van der Waals surface area contributed by atoms with Gasteiger partial charge in [-0.2, -0.15) is 0 Å². The van der Waals surface area contributed by atoms with Crippen LogP contribution >= 0.6 is 0 Å². The van der Waals surface area contributed by atoms with E-state index in [1.165, 1.54) is 5.56 Å². The van der Waals surface area contributed by atoms with Crippen molar-refractivity contribution in [3.63, 3.8) is 0 Å². The summed E-state index contributed by atoms with van der Waals surface area (Å²) in [5.74, 6) is 0.0858. The molecule has 5 nitrogen and oxygen atoms in total. The molecule has 0 fully saturated rings. The molecule has 142 valence electrons. The number of hydrogen-bond acceptors (Lipinski definition) is 3. The monoisotopic (exact) mass is 358 g/mol. The third-order valence-corrected chi connectivity index (χ3v) is 3.85. The first kappa shape index (κ1) is 21.5. The van der Waals surface area contributed by atoms with E-state index in [1.54, 1.807) is 24.0 Å². The predicted molar refractivity (Wildman–Crippen MR) is 105 cm³/mol. The number of rotatable bonds is 9. The lowest BCUT2D eigenvalue weighted by atomic mass is 9.87. The second kappa shape index (κ2) is 9.80. The maximum absolute atomic E-state index is 12.3. The highest BCUT2D eigenvalue weighted by molar-refractivity contribution is 5.88. The van der Waals surface area contributed by atoms with Crippen molar-refractivity contribution in [1.82, 2.24) is 10.2 Å². The average molecular weight is 358 g/mol. The summed E-state index contributed by atoms with van der Waals surface area (Å²) in [5.41, 5.74) is 1.26. The number of hydrogen-bond donors (Lipinski definition) is 1. The van der Waals surface area contributed by atoms with Crippen LogP contribution in [-0.4, -0.2) is 42.5 Å². The van der Waals surface area contributed by atoms with Crippen LogP contribution in [0, 0.1) is 0 Å². The Labute approximate surface area is 156 Å². The van der Waals surface area contributed by atoms with Crippen LogP contribution in [0.3, 0.4) is 0 Å². The standard InChI is InChI=1S/C21H30N2O3/c1-7-13-23(14-8-2)20(25)16(3)22-19(24)15-26-18-11-9-17(10-12-18)21(4,5)6/h7-12,16H,1-2,13-15H2,3-6H3,(H,22,24). The van der Waals surface area contributed by atoms with Crippen LogP contribution in [0.2, 0.25) is 0 Å². The smallest absolute Gasteiger partial charge is 0.258 e. The van der Waals surface area contributed by atoms with Crippen molar-refractivity contribution >= 4 is 11.8 Å². The van der Waals surface area contributed by atoms with Crippen LogP contribution < -0.4 is 10.1 Å². The third-order valence-electron chi connectivity index (χ3n) is 3.85. The Hall–Kier alpha value is -2.56. The maximum atomic E-state index is 12.3. The summed E-state index contributed by atoms with van der Waals surface area (Å²) in [4.78, 5) is 26.0. The summed E-state index contributed by atoms with van der Waals surface area (Å²) in [6, 6.07) is 7.02. The zero-order valence-corrected chi connectivity index (χ0v) is 16.2. The highest BCUT2D eigenvalue weighted by Crippen LogP contribution is 2.24. The molecule has 0 aliphatic carbocycles. The van der Waals surface area contributed by atoms with E-state index >= 15 is 0 Å². The number of carbonyl (C=O) groups excluding carboxylic acids is 2. The van der Waals surface area contributed by atoms with Crippen molar-refractivity contribution in [2.75, 3.05) is 19.7 Å². The summed E-state index contributed by atoms with van der Waals surface area (Å²) in [7, 11) is 0. The van der Waals surface area contributed by atoms with Crippen LogP contribution in [0.5, 0.6) is 5.75 Å². The molecule has 1 unspecified atom stereocenters. The van der Waals surface area contributed by atoms with Gasteiger partial charge in [0.1, 0.15) is 11.8 Å². The van der Waals surface area contributed by atoms with Gasteiger partial charge in [-0.3, -0.25) is 9.59 Å². The lowest BCUT2D eigenvalue weighted by molar-refractivity contribution is -0.135. The van der Waals surface area contributed by atoms with Gasteiger partial charge in [-0.25, -0.2) is 0 Å². The lowest BCUT2D eigenvalue weighted by Gasteiger charge is -2.24. The Morgan fingerprint density at radius 3 is 2.15 bits per heavy atom. The highest BCUT2D eigenvalue weighted by Gasteiger charge is 2.20. The zero-order chi connectivity index (χ0) is 19.7. The second-order valence-corrected chi connectivity index (χ2v) is 7.17. The van der Waals surface area contributed by atoms with E-state index in [1.807, 2.05) is 24.3 Å². The Kier molecular flexibility index (Phi) is 8.10. The molecular formula is C21H30N2O3. The molecule has 26 heavy (non-hydrogen) atoms. The molecule has 0 bridgehead atoms. The molecule has 1 atom stereocenters. The third kappa shape index (κ3) is 6.75. The largest absolute Gasteiger partial charge is 0.484 e. The molecular weight excluding hydrogens is 328 g/mol.